The first-order valence-electron chi connectivity index (χ1n) is 9.37. The highest BCUT2D eigenvalue weighted by Crippen LogP contribution is 2.21. The summed E-state index contributed by atoms with van der Waals surface area (Å²) in [7, 11) is -3.53. The molecule has 1 saturated heterocycles. The Labute approximate surface area is 175 Å². The van der Waals surface area contributed by atoms with Crippen LogP contribution in [0.15, 0.2) is 51.8 Å². The molecule has 3 rings (SSSR count). The number of rotatable bonds is 5. The predicted molar refractivity (Wildman–Crippen MR) is 114 cm³/mol. The average Bonchev–Trinajstić information content (AvgIpc) is 2.67. The van der Waals surface area contributed by atoms with E-state index in [1.54, 1.807) is 29.2 Å². The molecule has 2 aromatic rings. The van der Waals surface area contributed by atoms with Gasteiger partial charge >= 0.3 is 0 Å². The van der Waals surface area contributed by atoms with Crippen LogP contribution in [0.5, 0.6) is 0 Å². The van der Waals surface area contributed by atoms with Crippen LogP contribution in [-0.4, -0.2) is 49.7 Å². The molecule has 0 saturated carbocycles. The summed E-state index contributed by atoms with van der Waals surface area (Å²) in [4.78, 5) is 14.6. The van der Waals surface area contributed by atoms with Crippen molar-refractivity contribution in [1.82, 2.24) is 9.21 Å². The zero-order valence-electron chi connectivity index (χ0n) is 16.2. The normalized spacial score (nSPS) is 15.6. The molecule has 5 nitrogen and oxygen atoms in total. The van der Waals surface area contributed by atoms with Crippen LogP contribution in [-0.2, 0) is 21.2 Å². The van der Waals surface area contributed by atoms with E-state index in [2.05, 4.69) is 48.0 Å². The molecular weight excluding hydrogens is 440 g/mol. The fourth-order valence-electron chi connectivity index (χ4n) is 3.48. The van der Waals surface area contributed by atoms with Gasteiger partial charge in [-0.25, -0.2) is 8.42 Å². The fourth-order valence-corrected chi connectivity index (χ4v) is 5.50. The first-order chi connectivity index (χ1) is 13.3. The van der Waals surface area contributed by atoms with Crippen molar-refractivity contribution in [2.75, 3.05) is 26.2 Å². The Kier molecular flexibility index (Phi) is 6.58. The van der Waals surface area contributed by atoms with Gasteiger partial charge in [-0.2, -0.15) is 4.31 Å². The molecule has 7 heteroatoms. The smallest absolute Gasteiger partial charge is 0.243 e. The van der Waals surface area contributed by atoms with Crippen molar-refractivity contribution in [2.24, 2.45) is 0 Å². The predicted octanol–water partition coefficient (Wildman–Crippen LogP) is 3.53. The first-order valence-corrected chi connectivity index (χ1v) is 11.6. The summed E-state index contributed by atoms with van der Waals surface area (Å²) >= 11 is 3.32. The fraction of sp³-hybridized carbons (Fsp3) is 0.381. The molecule has 1 amide bonds. The van der Waals surface area contributed by atoms with E-state index < -0.39 is 10.0 Å². The number of carbonyl (C=O) groups is 1. The number of nitrogens with zero attached hydrogens (tertiary/aromatic N) is 2. The number of benzene rings is 2. The third-order valence-electron chi connectivity index (χ3n) is 5.13. The molecule has 150 valence electrons. The average molecular weight is 465 g/mol. The number of carbonyl (C=O) groups excluding carboxylic acids is 1. The maximum absolute atomic E-state index is 12.8. The summed E-state index contributed by atoms with van der Waals surface area (Å²) in [6.07, 6.45) is 1.16. The molecule has 0 atom stereocenters. The topological polar surface area (TPSA) is 57.7 Å². The van der Waals surface area contributed by atoms with Gasteiger partial charge in [0.05, 0.1) is 4.90 Å². The van der Waals surface area contributed by atoms with Gasteiger partial charge in [0.25, 0.3) is 0 Å². The number of hydrogen-bond acceptors (Lipinski definition) is 3. The van der Waals surface area contributed by atoms with Crippen molar-refractivity contribution in [1.29, 1.82) is 0 Å². The lowest BCUT2D eigenvalue weighted by Crippen LogP contribution is -2.50. The van der Waals surface area contributed by atoms with Crippen LogP contribution in [0.25, 0.3) is 0 Å². The number of aryl methyl sites for hydroxylation is 3. The Balaban J connectivity index is 1.56. The summed E-state index contributed by atoms with van der Waals surface area (Å²) in [5, 5.41) is 0. The largest absolute Gasteiger partial charge is 0.340 e. The zero-order chi connectivity index (χ0) is 20.3. The van der Waals surface area contributed by atoms with Crippen molar-refractivity contribution in [3.63, 3.8) is 0 Å². The van der Waals surface area contributed by atoms with Crippen molar-refractivity contribution in [3.8, 4) is 0 Å². The van der Waals surface area contributed by atoms with Crippen LogP contribution >= 0.6 is 15.9 Å². The lowest BCUT2D eigenvalue weighted by atomic mass is 10.0. The second kappa shape index (κ2) is 8.76. The van der Waals surface area contributed by atoms with Crippen LogP contribution in [0, 0.1) is 13.8 Å². The molecule has 0 aromatic heterocycles. The van der Waals surface area contributed by atoms with Crippen LogP contribution in [0.2, 0.25) is 0 Å². The second-order valence-electron chi connectivity index (χ2n) is 7.17. The van der Waals surface area contributed by atoms with E-state index in [9.17, 15) is 13.2 Å². The third kappa shape index (κ3) is 4.82. The maximum Gasteiger partial charge on any atom is 0.243 e. The van der Waals surface area contributed by atoms with Gasteiger partial charge in [0.2, 0.25) is 15.9 Å². The van der Waals surface area contributed by atoms with E-state index in [0.29, 0.717) is 39.0 Å². The van der Waals surface area contributed by atoms with E-state index in [4.69, 9.17) is 0 Å². The molecule has 1 heterocycles. The van der Waals surface area contributed by atoms with Gasteiger partial charge in [0, 0.05) is 37.1 Å². The van der Waals surface area contributed by atoms with Crippen LogP contribution in [0.1, 0.15) is 23.1 Å². The van der Waals surface area contributed by atoms with Crippen LogP contribution < -0.4 is 0 Å². The number of amides is 1. The molecule has 2 aromatic carbocycles. The Hall–Kier alpha value is -1.70. The molecule has 0 spiro atoms. The first kappa shape index (κ1) is 21.0. The minimum Gasteiger partial charge on any atom is -0.340 e. The highest BCUT2D eigenvalue weighted by molar-refractivity contribution is 9.10. The van der Waals surface area contributed by atoms with Crippen molar-refractivity contribution < 1.29 is 13.2 Å². The maximum atomic E-state index is 12.8. The molecule has 0 bridgehead atoms. The third-order valence-corrected chi connectivity index (χ3v) is 7.52. The monoisotopic (exact) mass is 464 g/mol. The van der Waals surface area contributed by atoms with Gasteiger partial charge in [0.15, 0.2) is 0 Å². The van der Waals surface area contributed by atoms with Gasteiger partial charge in [-0.3, -0.25) is 4.79 Å². The molecular formula is C21H25BrN2O3S. The summed E-state index contributed by atoms with van der Waals surface area (Å²) < 4.78 is 27.8. The van der Waals surface area contributed by atoms with Crippen molar-refractivity contribution in [2.45, 2.75) is 31.6 Å². The highest BCUT2D eigenvalue weighted by atomic mass is 79.9. The van der Waals surface area contributed by atoms with E-state index in [-0.39, 0.29) is 10.8 Å². The molecule has 1 fully saturated rings. The molecule has 0 aliphatic carbocycles. The highest BCUT2D eigenvalue weighted by Gasteiger charge is 2.30. The van der Waals surface area contributed by atoms with Gasteiger partial charge in [0.1, 0.15) is 0 Å². The van der Waals surface area contributed by atoms with Gasteiger partial charge in [-0.15, -0.1) is 0 Å². The number of halogens is 1. The van der Waals surface area contributed by atoms with E-state index in [0.717, 1.165) is 4.47 Å². The Bertz CT molecular complexity index is 967. The van der Waals surface area contributed by atoms with Gasteiger partial charge in [-0.1, -0.05) is 45.8 Å². The minimum absolute atomic E-state index is 0.0829. The number of sulfonamides is 1. The standard InChI is InChI=1S/C21H25BrN2O3S/c1-16-6-7-18(17(2)14-16)8-9-21(25)23-10-12-24(13-11-23)28(26,27)20-5-3-4-19(22)15-20/h3-7,14-15H,8-13H2,1-2H3. The summed E-state index contributed by atoms with van der Waals surface area (Å²) in [6, 6.07) is 13.0. The Morgan fingerprint density at radius 2 is 1.75 bits per heavy atom. The minimum atomic E-state index is -3.53. The van der Waals surface area contributed by atoms with Crippen LogP contribution in [0.3, 0.4) is 0 Å². The summed E-state index contributed by atoms with van der Waals surface area (Å²) in [5.41, 5.74) is 3.61. The lowest BCUT2D eigenvalue weighted by molar-refractivity contribution is -0.132. The molecule has 28 heavy (non-hydrogen) atoms. The quantitative estimate of drug-likeness (QED) is 0.679. The number of piperazine rings is 1. The van der Waals surface area contributed by atoms with E-state index in [1.807, 2.05) is 0 Å². The van der Waals surface area contributed by atoms with Crippen molar-refractivity contribution >= 4 is 31.9 Å². The molecule has 1 aliphatic rings. The molecule has 0 unspecified atom stereocenters. The number of hydrogen-bond donors (Lipinski definition) is 0. The Morgan fingerprint density at radius 1 is 1.04 bits per heavy atom. The summed E-state index contributed by atoms with van der Waals surface area (Å²) in [5.74, 6) is 0.0829. The van der Waals surface area contributed by atoms with Gasteiger partial charge in [-0.05, 0) is 49.6 Å². The van der Waals surface area contributed by atoms with Crippen LogP contribution in [0.4, 0.5) is 0 Å². The molecule has 0 N–H and O–H groups in total. The van der Waals surface area contributed by atoms with Gasteiger partial charge < -0.3 is 4.90 Å². The lowest BCUT2D eigenvalue weighted by Gasteiger charge is -2.34. The molecule has 0 radical (unpaired) electrons. The molecule has 1 aliphatic heterocycles. The second-order valence-corrected chi connectivity index (χ2v) is 10.0. The Morgan fingerprint density at radius 3 is 2.39 bits per heavy atom. The van der Waals surface area contributed by atoms with Crippen molar-refractivity contribution in [3.05, 3.63) is 63.6 Å². The van der Waals surface area contributed by atoms with E-state index >= 15 is 0 Å². The van der Waals surface area contributed by atoms with E-state index in [1.165, 1.54) is 21.0 Å². The zero-order valence-corrected chi connectivity index (χ0v) is 18.6. The SMILES string of the molecule is Cc1ccc(CCC(=O)N2CCN(S(=O)(=O)c3cccc(Br)c3)CC2)c(C)c1. The summed E-state index contributed by atoms with van der Waals surface area (Å²) in [6.45, 7) is 5.63.